The van der Waals surface area contributed by atoms with Crippen LogP contribution in [-0.2, 0) is 0 Å². The highest BCUT2D eigenvalue weighted by molar-refractivity contribution is 5.63. The Hall–Kier alpha value is -2.89. The lowest BCUT2D eigenvalue weighted by atomic mass is 10.1. The second-order valence-corrected chi connectivity index (χ2v) is 6.09. The first kappa shape index (κ1) is 16.0. The van der Waals surface area contributed by atoms with Gasteiger partial charge in [0.15, 0.2) is 0 Å². The molecule has 0 aliphatic carbocycles. The Kier molecular flexibility index (Phi) is 4.46. The average molecular weight is 325 g/mol. The molecule has 0 atom stereocenters. The minimum absolute atomic E-state index is 0.0420. The van der Waals surface area contributed by atoms with E-state index in [9.17, 15) is 10.1 Å². The Bertz CT molecular complexity index is 854. The summed E-state index contributed by atoms with van der Waals surface area (Å²) in [7, 11) is 0. The monoisotopic (exact) mass is 325 g/mol. The summed E-state index contributed by atoms with van der Waals surface area (Å²) >= 11 is 0. The summed E-state index contributed by atoms with van der Waals surface area (Å²) in [6.07, 6.45) is 4.28. The van der Waals surface area contributed by atoms with E-state index in [1.54, 1.807) is 16.7 Å². The van der Waals surface area contributed by atoms with Crippen molar-refractivity contribution in [2.24, 2.45) is 5.92 Å². The minimum atomic E-state index is -0.414. The van der Waals surface area contributed by atoms with Crippen molar-refractivity contribution in [1.29, 1.82) is 0 Å². The highest BCUT2D eigenvalue weighted by Crippen LogP contribution is 2.23. The van der Waals surface area contributed by atoms with Crippen LogP contribution in [0, 0.1) is 16.0 Å². The molecular formula is C18H19N3O3. The predicted octanol–water partition coefficient (Wildman–Crippen LogP) is 4.33. The zero-order valence-corrected chi connectivity index (χ0v) is 13.7. The van der Waals surface area contributed by atoms with Gasteiger partial charge in [-0.25, -0.2) is 4.98 Å². The SMILES string of the molecule is CC(C)CCOc1ccc(-c2cn3cc([N+](=O)[O-])ccc3n2)cc1. The number of hydrogen-bond acceptors (Lipinski definition) is 4. The highest BCUT2D eigenvalue weighted by Gasteiger charge is 2.09. The molecule has 2 heterocycles. The maximum absolute atomic E-state index is 10.8. The van der Waals surface area contributed by atoms with E-state index < -0.39 is 4.92 Å². The topological polar surface area (TPSA) is 69.7 Å². The van der Waals surface area contributed by atoms with Crippen LogP contribution in [0.15, 0.2) is 48.8 Å². The third-order valence-electron chi connectivity index (χ3n) is 3.76. The molecule has 0 amide bonds. The van der Waals surface area contributed by atoms with E-state index >= 15 is 0 Å². The third-order valence-corrected chi connectivity index (χ3v) is 3.76. The maximum atomic E-state index is 10.8. The Balaban J connectivity index is 1.78. The van der Waals surface area contributed by atoms with Gasteiger partial charge < -0.3 is 4.74 Å². The van der Waals surface area contributed by atoms with Crippen LogP contribution in [0.3, 0.4) is 0 Å². The van der Waals surface area contributed by atoms with E-state index in [-0.39, 0.29) is 5.69 Å². The number of ether oxygens (including phenoxy) is 1. The molecule has 6 heteroatoms. The number of fused-ring (bicyclic) bond motifs is 1. The normalized spacial score (nSPS) is 11.1. The summed E-state index contributed by atoms with van der Waals surface area (Å²) < 4.78 is 7.38. The van der Waals surface area contributed by atoms with Crippen LogP contribution >= 0.6 is 0 Å². The van der Waals surface area contributed by atoms with Gasteiger partial charge in [-0.2, -0.15) is 0 Å². The molecule has 24 heavy (non-hydrogen) atoms. The Morgan fingerprint density at radius 1 is 1.17 bits per heavy atom. The van der Waals surface area contributed by atoms with Gasteiger partial charge in [-0.3, -0.25) is 14.5 Å². The summed E-state index contributed by atoms with van der Waals surface area (Å²) in [4.78, 5) is 14.9. The van der Waals surface area contributed by atoms with Crippen LogP contribution in [0.5, 0.6) is 5.75 Å². The van der Waals surface area contributed by atoms with E-state index in [4.69, 9.17) is 4.74 Å². The largest absolute Gasteiger partial charge is 0.494 e. The van der Waals surface area contributed by atoms with Gasteiger partial charge in [0.2, 0.25) is 0 Å². The molecular weight excluding hydrogens is 306 g/mol. The Labute approximate surface area is 139 Å². The number of benzene rings is 1. The lowest BCUT2D eigenvalue weighted by Crippen LogP contribution is -2.01. The molecule has 0 aliphatic rings. The van der Waals surface area contributed by atoms with Crippen LogP contribution in [0.1, 0.15) is 20.3 Å². The highest BCUT2D eigenvalue weighted by atomic mass is 16.6. The standard InChI is InChI=1S/C18H19N3O3/c1-13(2)9-10-24-16-6-3-14(4-7-16)17-12-20-11-15(21(22)23)5-8-18(20)19-17/h3-8,11-13H,9-10H2,1-2H3. The van der Waals surface area contributed by atoms with Crippen molar-refractivity contribution in [1.82, 2.24) is 9.38 Å². The summed E-state index contributed by atoms with van der Waals surface area (Å²) in [5.41, 5.74) is 2.43. The summed E-state index contributed by atoms with van der Waals surface area (Å²) in [5, 5.41) is 10.8. The zero-order chi connectivity index (χ0) is 17.1. The van der Waals surface area contributed by atoms with Crippen LogP contribution in [0.2, 0.25) is 0 Å². The fraction of sp³-hybridized carbons (Fsp3) is 0.278. The fourth-order valence-corrected chi connectivity index (χ4v) is 2.36. The molecule has 124 valence electrons. The van der Waals surface area contributed by atoms with Crippen LogP contribution in [0.25, 0.3) is 16.9 Å². The first-order valence-electron chi connectivity index (χ1n) is 7.89. The molecule has 0 fully saturated rings. The molecule has 0 spiro atoms. The van der Waals surface area contributed by atoms with Crippen LogP contribution in [0.4, 0.5) is 5.69 Å². The van der Waals surface area contributed by atoms with E-state index in [0.717, 1.165) is 23.4 Å². The van der Waals surface area contributed by atoms with Crippen molar-refractivity contribution in [3.05, 3.63) is 58.9 Å². The number of aromatic nitrogens is 2. The third kappa shape index (κ3) is 3.53. The van der Waals surface area contributed by atoms with Crippen LogP contribution < -0.4 is 4.74 Å². The minimum Gasteiger partial charge on any atom is -0.494 e. The molecule has 1 aromatic carbocycles. The molecule has 0 saturated heterocycles. The second kappa shape index (κ2) is 6.70. The quantitative estimate of drug-likeness (QED) is 0.499. The van der Waals surface area contributed by atoms with E-state index in [0.29, 0.717) is 18.2 Å². The zero-order valence-electron chi connectivity index (χ0n) is 13.7. The van der Waals surface area contributed by atoms with Crippen LogP contribution in [-0.4, -0.2) is 20.9 Å². The predicted molar refractivity (Wildman–Crippen MR) is 92.2 cm³/mol. The average Bonchev–Trinajstić information content (AvgIpc) is 2.98. The van der Waals surface area contributed by atoms with Gasteiger partial charge in [-0.15, -0.1) is 0 Å². The Morgan fingerprint density at radius 3 is 2.58 bits per heavy atom. The van der Waals surface area contributed by atoms with Crippen molar-refractivity contribution in [3.8, 4) is 17.0 Å². The van der Waals surface area contributed by atoms with E-state index in [2.05, 4.69) is 18.8 Å². The molecule has 0 saturated carbocycles. The molecule has 3 aromatic rings. The van der Waals surface area contributed by atoms with E-state index in [1.165, 1.54) is 12.3 Å². The molecule has 0 aliphatic heterocycles. The first-order valence-corrected chi connectivity index (χ1v) is 7.89. The molecule has 0 radical (unpaired) electrons. The number of hydrogen-bond donors (Lipinski definition) is 0. The van der Waals surface area contributed by atoms with Gasteiger partial charge in [0, 0.05) is 17.8 Å². The van der Waals surface area contributed by atoms with Gasteiger partial charge >= 0.3 is 0 Å². The molecule has 2 aromatic heterocycles. The van der Waals surface area contributed by atoms with Gasteiger partial charge in [0.1, 0.15) is 11.4 Å². The summed E-state index contributed by atoms with van der Waals surface area (Å²) in [6.45, 7) is 5.04. The van der Waals surface area contributed by atoms with Gasteiger partial charge in [-0.05, 0) is 42.7 Å². The summed E-state index contributed by atoms with van der Waals surface area (Å²) in [6, 6.07) is 10.8. The lowest BCUT2D eigenvalue weighted by Gasteiger charge is -2.08. The first-order chi connectivity index (χ1) is 11.5. The molecule has 0 bridgehead atoms. The maximum Gasteiger partial charge on any atom is 0.286 e. The molecule has 0 N–H and O–H groups in total. The second-order valence-electron chi connectivity index (χ2n) is 6.09. The van der Waals surface area contributed by atoms with Crippen molar-refractivity contribution < 1.29 is 9.66 Å². The molecule has 3 rings (SSSR count). The lowest BCUT2D eigenvalue weighted by molar-refractivity contribution is -0.385. The fourth-order valence-electron chi connectivity index (χ4n) is 2.36. The van der Waals surface area contributed by atoms with Crippen molar-refractivity contribution >= 4 is 11.3 Å². The number of pyridine rings is 1. The number of nitrogens with zero attached hydrogens (tertiary/aromatic N) is 3. The number of nitro groups is 1. The summed E-state index contributed by atoms with van der Waals surface area (Å²) in [5.74, 6) is 1.45. The van der Waals surface area contributed by atoms with Gasteiger partial charge in [0.25, 0.3) is 5.69 Å². The van der Waals surface area contributed by atoms with Gasteiger partial charge in [-0.1, -0.05) is 13.8 Å². The van der Waals surface area contributed by atoms with Crippen molar-refractivity contribution in [2.45, 2.75) is 20.3 Å². The van der Waals surface area contributed by atoms with E-state index in [1.807, 2.05) is 24.3 Å². The molecule has 0 unspecified atom stereocenters. The molecule has 6 nitrogen and oxygen atoms in total. The van der Waals surface area contributed by atoms with Crippen molar-refractivity contribution in [3.63, 3.8) is 0 Å². The number of imidazole rings is 1. The Morgan fingerprint density at radius 2 is 1.92 bits per heavy atom. The number of rotatable bonds is 6. The van der Waals surface area contributed by atoms with Gasteiger partial charge in [0.05, 0.1) is 23.4 Å². The van der Waals surface area contributed by atoms with Crippen molar-refractivity contribution in [2.75, 3.05) is 6.61 Å². The smallest absolute Gasteiger partial charge is 0.286 e.